The SMILES string of the molecule is CCCCNC(=O)[C@H](C)N(Cc1ccc(Cl)cc1Cl)C(=O)CN(c1ccc(C)c(Cl)c1)S(=O)(=O)c1ccc(C)cc1. The molecule has 3 aromatic rings. The van der Waals surface area contributed by atoms with Crippen molar-refractivity contribution in [3.63, 3.8) is 0 Å². The molecule has 0 heterocycles. The number of anilines is 1. The van der Waals surface area contributed by atoms with E-state index in [-0.39, 0.29) is 23.0 Å². The highest BCUT2D eigenvalue weighted by Gasteiger charge is 2.33. The lowest BCUT2D eigenvalue weighted by Crippen LogP contribution is -2.51. The molecule has 7 nitrogen and oxygen atoms in total. The summed E-state index contributed by atoms with van der Waals surface area (Å²) in [6, 6.07) is 15.1. The summed E-state index contributed by atoms with van der Waals surface area (Å²) in [7, 11) is -4.20. The summed E-state index contributed by atoms with van der Waals surface area (Å²) < 4.78 is 28.9. The van der Waals surface area contributed by atoms with Crippen LogP contribution in [0.1, 0.15) is 43.4 Å². The highest BCUT2D eigenvalue weighted by molar-refractivity contribution is 7.92. The molecule has 41 heavy (non-hydrogen) atoms. The van der Waals surface area contributed by atoms with Crippen molar-refractivity contribution in [2.45, 2.75) is 58.0 Å². The summed E-state index contributed by atoms with van der Waals surface area (Å²) in [6.45, 7) is 7.10. The van der Waals surface area contributed by atoms with Crippen molar-refractivity contribution in [2.75, 3.05) is 17.4 Å². The number of carbonyl (C=O) groups excluding carboxylic acids is 2. The number of halogens is 3. The second-order valence-electron chi connectivity index (χ2n) is 9.84. The summed E-state index contributed by atoms with van der Waals surface area (Å²) >= 11 is 18.9. The molecule has 3 rings (SSSR count). The van der Waals surface area contributed by atoms with Crippen LogP contribution in [0.25, 0.3) is 0 Å². The maximum atomic E-state index is 14.0. The van der Waals surface area contributed by atoms with Crippen molar-refractivity contribution in [1.29, 1.82) is 0 Å². The van der Waals surface area contributed by atoms with Gasteiger partial charge in [-0.25, -0.2) is 8.42 Å². The minimum atomic E-state index is -4.20. The zero-order valence-corrected chi connectivity index (χ0v) is 26.5. The highest BCUT2D eigenvalue weighted by Crippen LogP contribution is 2.29. The first-order chi connectivity index (χ1) is 19.3. The Morgan fingerprint density at radius 1 is 0.927 bits per heavy atom. The van der Waals surface area contributed by atoms with Crippen LogP contribution in [0, 0.1) is 13.8 Å². The van der Waals surface area contributed by atoms with Crippen LogP contribution in [0.2, 0.25) is 15.1 Å². The van der Waals surface area contributed by atoms with Crippen LogP contribution in [0.15, 0.2) is 65.6 Å². The van der Waals surface area contributed by atoms with Crippen LogP contribution >= 0.6 is 34.8 Å². The smallest absolute Gasteiger partial charge is 0.264 e. The molecule has 0 aliphatic rings. The molecule has 0 unspecified atom stereocenters. The minimum Gasteiger partial charge on any atom is -0.354 e. The van der Waals surface area contributed by atoms with Gasteiger partial charge in [-0.1, -0.05) is 78.0 Å². The molecule has 0 bridgehead atoms. The number of aryl methyl sites for hydroxylation is 2. The maximum absolute atomic E-state index is 14.0. The van der Waals surface area contributed by atoms with Crippen molar-refractivity contribution in [3.05, 3.63) is 92.4 Å². The van der Waals surface area contributed by atoms with E-state index in [9.17, 15) is 18.0 Å². The van der Waals surface area contributed by atoms with E-state index in [4.69, 9.17) is 34.8 Å². The Morgan fingerprint density at radius 2 is 1.61 bits per heavy atom. The third kappa shape index (κ3) is 8.38. The first-order valence-electron chi connectivity index (χ1n) is 13.2. The molecule has 0 aliphatic heterocycles. The molecule has 0 fully saturated rings. The summed E-state index contributed by atoms with van der Waals surface area (Å²) in [4.78, 5) is 28.4. The second kappa shape index (κ2) is 14.4. The average molecular weight is 639 g/mol. The molecule has 2 amide bonds. The quantitative estimate of drug-likeness (QED) is 0.221. The minimum absolute atomic E-state index is 0.0188. The number of nitrogens with one attached hydrogen (secondary N) is 1. The van der Waals surface area contributed by atoms with Crippen molar-refractivity contribution in [3.8, 4) is 0 Å². The van der Waals surface area contributed by atoms with Crippen molar-refractivity contribution in [2.24, 2.45) is 0 Å². The van der Waals surface area contributed by atoms with Gasteiger partial charge >= 0.3 is 0 Å². The molecule has 1 atom stereocenters. The Kier molecular flexibility index (Phi) is 11.5. The van der Waals surface area contributed by atoms with Crippen molar-refractivity contribution < 1.29 is 18.0 Å². The van der Waals surface area contributed by atoms with Crippen molar-refractivity contribution in [1.82, 2.24) is 10.2 Å². The molecule has 0 aromatic heterocycles. The largest absolute Gasteiger partial charge is 0.354 e. The number of hydrogen-bond acceptors (Lipinski definition) is 4. The van der Waals surface area contributed by atoms with Crippen LogP contribution in [-0.2, 0) is 26.2 Å². The van der Waals surface area contributed by atoms with Crippen molar-refractivity contribution >= 4 is 62.3 Å². The molecule has 0 saturated heterocycles. The Balaban J connectivity index is 2.05. The van der Waals surface area contributed by atoms with Crippen LogP contribution in [0.5, 0.6) is 0 Å². The fraction of sp³-hybridized carbons (Fsp3) is 0.333. The number of nitrogens with zero attached hydrogens (tertiary/aromatic N) is 2. The number of sulfonamides is 1. The van der Waals surface area contributed by atoms with E-state index >= 15 is 0 Å². The lowest BCUT2D eigenvalue weighted by Gasteiger charge is -2.32. The van der Waals surface area contributed by atoms with Gasteiger partial charge in [0.25, 0.3) is 10.0 Å². The normalized spacial score (nSPS) is 12.1. The Labute approximate surface area is 257 Å². The van der Waals surface area contributed by atoms with E-state index in [2.05, 4.69) is 5.32 Å². The van der Waals surface area contributed by atoms with Gasteiger partial charge in [0.05, 0.1) is 10.6 Å². The first-order valence-corrected chi connectivity index (χ1v) is 15.8. The zero-order chi connectivity index (χ0) is 30.3. The van der Waals surface area contributed by atoms with Gasteiger partial charge in [0.1, 0.15) is 12.6 Å². The number of benzene rings is 3. The number of unbranched alkanes of at least 4 members (excludes halogenated alkanes) is 1. The van der Waals surface area contributed by atoms with Gasteiger partial charge in [-0.05, 0) is 74.7 Å². The second-order valence-corrected chi connectivity index (χ2v) is 12.9. The van der Waals surface area contributed by atoms with E-state index in [1.807, 2.05) is 13.8 Å². The topological polar surface area (TPSA) is 86.8 Å². The lowest BCUT2D eigenvalue weighted by molar-refractivity contribution is -0.139. The van der Waals surface area contributed by atoms with E-state index in [1.54, 1.807) is 56.3 Å². The molecular weight excluding hydrogens is 605 g/mol. The predicted molar refractivity (Wildman–Crippen MR) is 166 cm³/mol. The fourth-order valence-corrected chi connectivity index (χ4v) is 6.10. The van der Waals surface area contributed by atoms with Crippen LogP contribution in [0.4, 0.5) is 5.69 Å². The summed E-state index contributed by atoms with van der Waals surface area (Å²) in [5.41, 5.74) is 2.42. The van der Waals surface area contributed by atoms with Crippen LogP contribution in [-0.4, -0.2) is 44.3 Å². The molecule has 220 valence electrons. The highest BCUT2D eigenvalue weighted by atomic mass is 35.5. The number of hydrogen-bond donors (Lipinski definition) is 1. The monoisotopic (exact) mass is 637 g/mol. The Bertz CT molecular complexity index is 1500. The average Bonchev–Trinajstić information content (AvgIpc) is 2.92. The standard InChI is InChI=1S/C30H34Cl3N3O4S/c1-5-6-15-34-30(38)22(4)35(18-23-10-11-24(31)16-28(23)33)29(37)19-36(25-12-9-21(3)27(32)17-25)41(39,40)26-13-7-20(2)8-14-26/h7-14,16-17,22H,5-6,15,18-19H2,1-4H3,(H,34,38)/t22-/m0/s1. The molecule has 1 N–H and O–H groups in total. The predicted octanol–water partition coefficient (Wildman–Crippen LogP) is 6.79. The van der Waals surface area contributed by atoms with Gasteiger partial charge in [-0.3, -0.25) is 13.9 Å². The number of amides is 2. The lowest BCUT2D eigenvalue weighted by atomic mass is 10.1. The number of rotatable bonds is 12. The van der Waals surface area contributed by atoms with Gasteiger partial charge in [-0.15, -0.1) is 0 Å². The first kappa shape index (κ1) is 32.7. The molecule has 3 aromatic carbocycles. The fourth-order valence-electron chi connectivity index (χ4n) is 4.06. The molecule has 0 radical (unpaired) electrons. The van der Waals surface area contributed by atoms with Crippen LogP contribution in [0.3, 0.4) is 0 Å². The van der Waals surface area contributed by atoms with Gasteiger partial charge in [0.2, 0.25) is 11.8 Å². The summed E-state index contributed by atoms with van der Waals surface area (Å²) in [5.74, 6) is -0.954. The maximum Gasteiger partial charge on any atom is 0.264 e. The Hall–Kier alpha value is -2.78. The van der Waals surface area contributed by atoms with E-state index < -0.39 is 28.5 Å². The van der Waals surface area contributed by atoms with Gasteiger partial charge in [0, 0.05) is 28.2 Å². The van der Waals surface area contributed by atoms with E-state index in [1.165, 1.54) is 23.1 Å². The molecule has 0 spiro atoms. The molecule has 0 aliphatic carbocycles. The Morgan fingerprint density at radius 3 is 2.22 bits per heavy atom. The van der Waals surface area contributed by atoms with Gasteiger partial charge in [0.15, 0.2) is 0 Å². The third-order valence-electron chi connectivity index (χ3n) is 6.68. The van der Waals surface area contributed by atoms with Gasteiger partial charge in [-0.2, -0.15) is 0 Å². The molecular formula is C30H34Cl3N3O4S. The summed E-state index contributed by atoms with van der Waals surface area (Å²) in [6.07, 6.45) is 1.68. The molecule has 11 heteroatoms. The molecule has 0 saturated carbocycles. The third-order valence-corrected chi connectivity index (χ3v) is 9.47. The van der Waals surface area contributed by atoms with E-state index in [0.717, 1.165) is 28.3 Å². The zero-order valence-electron chi connectivity index (χ0n) is 23.5. The van der Waals surface area contributed by atoms with Crippen LogP contribution < -0.4 is 9.62 Å². The van der Waals surface area contributed by atoms with Gasteiger partial charge < -0.3 is 10.2 Å². The summed E-state index contributed by atoms with van der Waals surface area (Å²) in [5, 5.41) is 3.95. The van der Waals surface area contributed by atoms with E-state index in [0.29, 0.717) is 27.2 Å². The number of carbonyl (C=O) groups is 2.